The summed E-state index contributed by atoms with van der Waals surface area (Å²) in [5, 5.41) is 0.432. The minimum Gasteiger partial charge on any atom is -0.460 e. The molecule has 0 unspecified atom stereocenters. The normalized spacial score (nSPS) is 10.5. The summed E-state index contributed by atoms with van der Waals surface area (Å²) in [4.78, 5) is 8.21. The van der Waals surface area contributed by atoms with E-state index in [0.717, 1.165) is 17.2 Å². The smallest absolute Gasteiger partial charge is 0.152 e. The lowest BCUT2D eigenvalue weighted by molar-refractivity contribution is 0.546. The molecular formula is C10H9ClN2O. The molecule has 0 aliphatic heterocycles. The van der Waals surface area contributed by atoms with E-state index in [4.69, 9.17) is 16.0 Å². The van der Waals surface area contributed by atoms with Crippen LogP contribution >= 0.6 is 11.6 Å². The molecule has 0 saturated carbocycles. The van der Waals surface area contributed by atoms with E-state index in [-0.39, 0.29) is 0 Å². The maximum Gasteiger partial charge on any atom is 0.152 e. The molecule has 0 saturated heterocycles. The number of aryl methyl sites for hydroxylation is 2. The molecule has 0 atom stereocenters. The van der Waals surface area contributed by atoms with Gasteiger partial charge in [-0.05, 0) is 26.0 Å². The van der Waals surface area contributed by atoms with Crippen molar-refractivity contribution in [1.29, 1.82) is 0 Å². The van der Waals surface area contributed by atoms with Crippen LogP contribution in [0, 0.1) is 13.8 Å². The van der Waals surface area contributed by atoms with Crippen molar-refractivity contribution in [2.24, 2.45) is 0 Å². The van der Waals surface area contributed by atoms with Gasteiger partial charge in [0.25, 0.3) is 0 Å². The predicted molar refractivity (Wildman–Crippen MR) is 54.2 cm³/mol. The molecule has 14 heavy (non-hydrogen) atoms. The summed E-state index contributed by atoms with van der Waals surface area (Å²) in [7, 11) is 0. The summed E-state index contributed by atoms with van der Waals surface area (Å²) in [5.41, 5.74) is 0.718. The first-order chi connectivity index (χ1) is 6.65. The van der Waals surface area contributed by atoms with Crippen molar-refractivity contribution in [3.8, 4) is 11.5 Å². The third kappa shape index (κ3) is 1.77. The molecule has 0 radical (unpaired) electrons. The minimum absolute atomic E-state index is 0.432. The van der Waals surface area contributed by atoms with Crippen LogP contribution in [-0.4, -0.2) is 9.97 Å². The Bertz CT molecular complexity index is 445. The number of rotatable bonds is 1. The standard InChI is InChI=1S/C10H9ClN2O/c1-6-3-4-9(14-6)8-5-10(11)13-7(2)12-8/h3-5H,1-2H3. The number of halogens is 1. The van der Waals surface area contributed by atoms with Gasteiger partial charge in [0.05, 0.1) is 0 Å². The topological polar surface area (TPSA) is 38.9 Å². The lowest BCUT2D eigenvalue weighted by atomic mass is 10.3. The molecule has 4 heteroatoms. The predicted octanol–water partition coefficient (Wildman–Crippen LogP) is 3.01. The van der Waals surface area contributed by atoms with E-state index in [9.17, 15) is 0 Å². The van der Waals surface area contributed by atoms with E-state index in [1.807, 2.05) is 19.1 Å². The van der Waals surface area contributed by atoms with Crippen LogP contribution in [0.2, 0.25) is 5.15 Å². The van der Waals surface area contributed by atoms with Crippen LogP contribution in [0.4, 0.5) is 0 Å². The fourth-order valence-corrected chi connectivity index (χ4v) is 1.46. The summed E-state index contributed by atoms with van der Waals surface area (Å²) >= 11 is 5.81. The van der Waals surface area contributed by atoms with Gasteiger partial charge in [0.15, 0.2) is 5.76 Å². The summed E-state index contributed by atoms with van der Waals surface area (Å²) in [6.45, 7) is 3.68. The highest BCUT2D eigenvalue weighted by molar-refractivity contribution is 6.29. The molecule has 72 valence electrons. The third-order valence-electron chi connectivity index (χ3n) is 1.80. The summed E-state index contributed by atoms with van der Waals surface area (Å²) in [6, 6.07) is 5.45. The summed E-state index contributed by atoms with van der Waals surface area (Å²) in [5.74, 6) is 2.21. The van der Waals surface area contributed by atoms with Crippen molar-refractivity contribution in [1.82, 2.24) is 9.97 Å². The molecule has 0 aliphatic carbocycles. The molecule has 0 aromatic carbocycles. The average molecular weight is 209 g/mol. The number of aromatic nitrogens is 2. The monoisotopic (exact) mass is 208 g/mol. The van der Waals surface area contributed by atoms with Crippen LogP contribution in [0.5, 0.6) is 0 Å². The van der Waals surface area contributed by atoms with E-state index < -0.39 is 0 Å². The Morgan fingerprint density at radius 1 is 1.21 bits per heavy atom. The van der Waals surface area contributed by atoms with Crippen molar-refractivity contribution >= 4 is 11.6 Å². The Morgan fingerprint density at radius 2 is 2.00 bits per heavy atom. The number of furan rings is 1. The van der Waals surface area contributed by atoms with Crippen LogP contribution in [-0.2, 0) is 0 Å². The lowest BCUT2D eigenvalue weighted by Gasteiger charge is -1.98. The quantitative estimate of drug-likeness (QED) is 0.677. The van der Waals surface area contributed by atoms with Gasteiger partial charge in [0.1, 0.15) is 22.4 Å². The number of hydrogen-bond acceptors (Lipinski definition) is 3. The SMILES string of the molecule is Cc1nc(Cl)cc(-c2ccc(C)o2)n1. The second-order valence-electron chi connectivity index (χ2n) is 3.03. The van der Waals surface area contributed by atoms with Gasteiger partial charge in [0, 0.05) is 6.07 Å². The van der Waals surface area contributed by atoms with Crippen molar-refractivity contribution in [2.75, 3.05) is 0 Å². The van der Waals surface area contributed by atoms with Crippen molar-refractivity contribution in [2.45, 2.75) is 13.8 Å². The molecule has 2 aromatic rings. The Hall–Kier alpha value is -1.35. The molecule has 2 rings (SSSR count). The van der Waals surface area contributed by atoms with E-state index in [1.54, 1.807) is 13.0 Å². The maximum atomic E-state index is 5.81. The number of nitrogens with zero attached hydrogens (tertiary/aromatic N) is 2. The zero-order chi connectivity index (χ0) is 10.1. The third-order valence-corrected chi connectivity index (χ3v) is 1.99. The fraction of sp³-hybridized carbons (Fsp3) is 0.200. The van der Waals surface area contributed by atoms with Gasteiger partial charge in [0.2, 0.25) is 0 Å². The number of hydrogen-bond donors (Lipinski definition) is 0. The second-order valence-corrected chi connectivity index (χ2v) is 3.42. The van der Waals surface area contributed by atoms with Crippen LogP contribution in [0.15, 0.2) is 22.6 Å². The summed E-state index contributed by atoms with van der Waals surface area (Å²) < 4.78 is 5.43. The maximum absolute atomic E-state index is 5.81. The van der Waals surface area contributed by atoms with Gasteiger partial charge in [-0.25, -0.2) is 9.97 Å². The molecule has 2 aromatic heterocycles. The lowest BCUT2D eigenvalue weighted by Crippen LogP contribution is -1.90. The van der Waals surface area contributed by atoms with Crippen molar-refractivity contribution < 1.29 is 4.42 Å². The van der Waals surface area contributed by atoms with Crippen LogP contribution in [0.25, 0.3) is 11.5 Å². The first-order valence-electron chi connectivity index (χ1n) is 4.23. The zero-order valence-corrected chi connectivity index (χ0v) is 8.67. The van der Waals surface area contributed by atoms with E-state index in [1.165, 1.54) is 0 Å². The first kappa shape index (κ1) is 9.21. The second kappa shape index (κ2) is 3.42. The minimum atomic E-state index is 0.432. The molecule has 0 fully saturated rings. The van der Waals surface area contributed by atoms with Gasteiger partial charge in [-0.2, -0.15) is 0 Å². The molecule has 0 amide bonds. The first-order valence-corrected chi connectivity index (χ1v) is 4.61. The molecule has 3 nitrogen and oxygen atoms in total. The molecule has 2 heterocycles. The van der Waals surface area contributed by atoms with Gasteiger partial charge < -0.3 is 4.42 Å². The van der Waals surface area contributed by atoms with Crippen LogP contribution < -0.4 is 0 Å². The van der Waals surface area contributed by atoms with E-state index in [2.05, 4.69) is 9.97 Å². The summed E-state index contributed by atoms with van der Waals surface area (Å²) in [6.07, 6.45) is 0. The van der Waals surface area contributed by atoms with Gasteiger partial charge in [-0.1, -0.05) is 11.6 Å². The van der Waals surface area contributed by atoms with Crippen molar-refractivity contribution in [3.05, 3.63) is 34.9 Å². The fourth-order valence-electron chi connectivity index (χ4n) is 1.23. The highest BCUT2D eigenvalue weighted by Gasteiger charge is 2.06. The van der Waals surface area contributed by atoms with Gasteiger partial charge >= 0.3 is 0 Å². The van der Waals surface area contributed by atoms with Crippen LogP contribution in [0.1, 0.15) is 11.6 Å². The van der Waals surface area contributed by atoms with Crippen LogP contribution in [0.3, 0.4) is 0 Å². The Balaban J connectivity index is 2.51. The van der Waals surface area contributed by atoms with Gasteiger partial charge in [-0.15, -0.1) is 0 Å². The molecule has 0 aliphatic rings. The molecule has 0 bridgehead atoms. The highest BCUT2D eigenvalue weighted by Crippen LogP contribution is 2.21. The largest absolute Gasteiger partial charge is 0.460 e. The van der Waals surface area contributed by atoms with Crippen molar-refractivity contribution in [3.63, 3.8) is 0 Å². The Labute approximate surface area is 86.8 Å². The average Bonchev–Trinajstić information content (AvgIpc) is 2.50. The van der Waals surface area contributed by atoms with E-state index >= 15 is 0 Å². The molecule has 0 spiro atoms. The zero-order valence-electron chi connectivity index (χ0n) is 7.91. The van der Waals surface area contributed by atoms with E-state index in [0.29, 0.717) is 11.0 Å². The van der Waals surface area contributed by atoms with Gasteiger partial charge in [-0.3, -0.25) is 0 Å². The highest BCUT2D eigenvalue weighted by atomic mass is 35.5. The molecule has 0 N–H and O–H groups in total. The Kier molecular flexibility index (Phi) is 2.25. The molecular weight excluding hydrogens is 200 g/mol. The Morgan fingerprint density at radius 3 is 2.57 bits per heavy atom.